The lowest BCUT2D eigenvalue weighted by Gasteiger charge is -2.23. The van der Waals surface area contributed by atoms with E-state index in [9.17, 15) is 4.79 Å². The van der Waals surface area contributed by atoms with Gasteiger partial charge in [-0.1, -0.05) is 0 Å². The molecule has 0 aromatic heterocycles. The van der Waals surface area contributed by atoms with Gasteiger partial charge in [-0.05, 0) is 6.42 Å². The van der Waals surface area contributed by atoms with Gasteiger partial charge in [0.1, 0.15) is 5.84 Å². The Morgan fingerprint density at radius 3 is 3.17 bits per heavy atom. The molecule has 62 valence electrons. The summed E-state index contributed by atoms with van der Waals surface area (Å²) >= 11 is 0. The summed E-state index contributed by atoms with van der Waals surface area (Å²) < 4.78 is 0. The molecular formula is C8H9N3O. The van der Waals surface area contributed by atoms with E-state index < -0.39 is 0 Å². The SMILES string of the molecule is CN1C=NC=C2CCC(=O)N=C21. The number of fused-ring (bicyclic) bond motifs is 1. The molecular weight excluding hydrogens is 154 g/mol. The Morgan fingerprint density at radius 2 is 2.33 bits per heavy atom. The van der Waals surface area contributed by atoms with Crippen LogP contribution in [0.2, 0.25) is 0 Å². The third-order valence-corrected chi connectivity index (χ3v) is 1.93. The third-order valence-electron chi connectivity index (χ3n) is 1.93. The van der Waals surface area contributed by atoms with E-state index in [0.717, 1.165) is 17.8 Å². The molecule has 2 rings (SSSR count). The second-order valence-corrected chi connectivity index (χ2v) is 2.86. The van der Waals surface area contributed by atoms with Gasteiger partial charge in [0.15, 0.2) is 0 Å². The summed E-state index contributed by atoms with van der Waals surface area (Å²) in [5, 5.41) is 0. The van der Waals surface area contributed by atoms with Crippen molar-refractivity contribution < 1.29 is 4.79 Å². The van der Waals surface area contributed by atoms with E-state index in [-0.39, 0.29) is 5.91 Å². The molecule has 12 heavy (non-hydrogen) atoms. The lowest BCUT2D eigenvalue weighted by atomic mass is 10.1. The van der Waals surface area contributed by atoms with Crippen molar-refractivity contribution >= 4 is 18.1 Å². The maximum atomic E-state index is 11.0. The Balaban J connectivity index is 2.41. The second-order valence-electron chi connectivity index (χ2n) is 2.86. The van der Waals surface area contributed by atoms with E-state index >= 15 is 0 Å². The molecule has 0 radical (unpaired) electrons. The number of rotatable bonds is 0. The number of amidine groups is 1. The number of likely N-dealkylation sites (N-methyl/N-ethyl adjacent to an activating group) is 1. The van der Waals surface area contributed by atoms with Crippen molar-refractivity contribution in [2.75, 3.05) is 7.05 Å². The number of carbonyl (C=O) groups excluding carboxylic acids is 1. The lowest BCUT2D eigenvalue weighted by molar-refractivity contribution is -0.117. The van der Waals surface area contributed by atoms with Crippen LogP contribution in [0.25, 0.3) is 0 Å². The molecule has 0 bridgehead atoms. The van der Waals surface area contributed by atoms with E-state index in [1.807, 2.05) is 7.05 Å². The number of hydrogen-bond acceptors (Lipinski definition) is 3. The van der Waals surface area contributed by atoms with Crippen LogP contribution in [-0.2, 0) is 4.79 Å². The highest BCUT2D eigenvalue weighted by Crippen LogP contribution is 2.18. The first kappa shape index (κ1) is 7.21. The highest BCUT2D eigenvalue weighted by atomic mass is 16.1. The highest BCUT2D eigenvalue weighted by Gasteiger charge is 2.21. The maximum Gasteiger partial charge on any atom is 0.247 e. The van der Waals surface area contributed by atoms with Crippen LogP contribution < -0.4 is 0 Å². The van der Waals surface area contributed by atoms with Crippen LogP contribution in [-0.4, -0.2) is 30.0 Å². The summed E-state index contributed by atoms with van der Waals surface area (Å²) in [6.45, 7) is 0. The van der Waals surface area contributed by atoms with Gasteiger partial charge >= 0.3 is 0 Å². The Bertz CT molecular complexity index is 314. The highest BCUT2D eigenvalue weighted by molar-refractivity contribution is 6.11. The predicted octanol–water partition coefficient (Wildman–Crippen LogP) is 0.563. The van der Waals surface area contributed by atoms with Gasteiger partial charge in [-0.2, -0.15) is 4.99 Å². The van der Waals surface area contributed by atoms with E-state index in [4.69, 9.17) is 0 Å². The molecule has 0 atom stereocenters. The molecule has 0 aromatic rings. The van der Waals surface area contributed by atoms with Crippen molar-refractivity contribution in [2.24, 2.45) is 9.98 Å². The smallest absolute Gasteiger partial charge is 0.247 e. The van der Waals surface area contributed by atoms with Gasteiger partial charge in [0, 0.05) is 25.2 Å². The van der Waals surface area contributed by atoms with Crippen molar-refractivity contribution in [3.05, 3.63) is 11.8 Å². The summed E-state index contributed by atoms with van der Waals surface area (Å²) in [7, 11) is 1.84. The van der Waals surface area contributed by atoms with Gasteiger partial charge in [0.25, 0.3) is 0 Å². The molecule has 0 aliphatic carbocycles. The maximum absolute atomic E-state index is 11.0. The van der Waals surface area contributed by atoms with E-state index in [1.54, 1.807) is 17.4 Å². The summed E-state index contributed by atoms with van der Waals surface area (Å²) in [6.07, 6.45) is 4.70. The van der Waals surface area contributed by atoms with Gasteiger partial charge in [0.05, 0.1) is 6.34 Å². The van der Waals surface area contributed by atoms with Crippen molar-refractivity contribution in [3.8, 4) is 0 Å². The fourth-order valence-electron chi connectivity index (χ4n) is 1.30. The fourth-order valence-corrected chi connectivity index (χ4v) is 1.30. The van der Waals surface area contributed by atoms with Gasteiger partial charge in [-0.25, -0.2) is 4.99 Å². The van der Waals surface area contributed by atoms with Gasteiger partial charge in [-0.3, -0.25) is 4.79 Å². The molecule has 0 fully saturated rings. The van der Waals surface area contributed by atoms with Crippen molar-refractivity contribution in [3.63, 3.8) is 0 Å². The molecule has 2 aliphatic rings. The topological polar surface area (TPSA) is 45.0 Å². The molecule has 0 unspecified atom stereocenters. The van der Waals surface area contributed by atoms with E-state index in [2.05, 4.69) is 9.98 Å². The Labute approximate surface area is 70.3 Å². The van der Waals surface area contributed by atoms with E-state index in [1.165, 1.54) is 0 Å². The Hall–Kier alpha value is -1.45. The first-order valence-corrected chi connectivity index (χ1v) is 3.84. The summed E-state index contributed by atoms with van der Waals surface area (Å²) in [4.78, 5) is 20.7. The van der Waals surface area contributed by atoms with Crippen LogP contribution in [0, 0.1) is 0 Å². The molecule has 0 saturated carbocycles. The van der Waals surface area contributed by atoms with Crippen LogP contribution in [0.1, 0.15) is 12.8 Å². The van der Waals surface area contributed by atoms with Crippen molar-refractivity contribution in [2.45, 2.75) is 12.8 Å². The number of amides is 1. The normalized spacial score (nSPS) is 21.8. The molecule has 0 N–H and O–H groups in total. The molecule has 4 nitrogen and oxygen atoms in total. The molecule has 1 amide bonds. The molecule has 2 aliphatic heterocycles. The van der Waals surface area contributed by atoms with Gasteiger partial charge < -0.3 is 4.90 Å². The van der Waals surface area contributed by atoms with Crippen LogP contribution in [0.15, 0.2) is 21.8 Å². The van der Waals surface area contributed by atoms with Gasteiger partial charge in [0.2, 0.25) is 5.91 Å². The second kappa shape index (κ2) is 2.55. The molecule has 4 heteroatoms. The zero-order valence-electron chi connectivity index (χ0n) is 6.82. The number of nitrogens with zero attached hydrogens (tertiary/aromatic N) is 3. The van der Waals surface area contributed by atoms with Crippen LogP contribution >= 0.6 is 0 Å². The molecule has 0 aromatic carbocycles. The van der Waals surface area contributed by atoms with Gasteiger partial charge in [-0.15, -0.1) is 0 Å². The minimum atomic E-state index is -0.0377. The zero-order chi connectivity index (χ0) is 8.55. The zero-order valence-corrected chi connectivity index (χ0v) is 6.82. The summed E-state index contributed by atoms with van der Waals surface area (Å²) in [6, 6.07) is 0. The third kappa shape index (κ3) is 1.05. The van der Waals surface area contributed by atoms with Crippen LogP contribution in [0.3, 0.4) is 0 Å². The Morgan fingerprint density at radius 1 is 1.50 bits per heavy atom. The van der Waals surface area contributed by atoms with Crippen molar-refractivity contribution in [1.82, 2.24) is 4.90 Å². The summed E-state index contributed by atoms with van der Waals surface area (Å²) in [5.41, 5.74) is 1.06. The minimum Gasteiger partial charge on any atom is -0.320 e. The first-order chi connectivity index (χ1) is 5.77. The fraction of sp³-hybridized carbons (Fsp3) is 0.375. The van der Waals surface area contributed by atoms with Crippen LogP contribution in [0.4, 0.5) is 0 Å². The first-order valence-electron chi connectivity index (χ1n) is 3.84. The minimum absolute atomic E-state index is 0.0377. The standard InChI is InChI=1S/C8H9N3O/c1-11-5-9-4-6-2-3-7(12)10-8(6)11/h4-5H,2-3H2,1H3. The molecule has 2 heterocycles. The quantitative estimate of drug-likeness (QED) is 0.524. The van der Waals surface area contributed by atoms with Crippen molar-refractivity contribution in [1.29, 1.82) is 0 Å². The average molecular weight is 163 g/mol. The predicted molar refractivity (Wildman–Crippen MR) is 46.0 cm³/mol. The number of aliphatic imine (C=N–C) groups is 2. The average Bonchev–Trinajstić information content (AvgIpc) is 2.07. The Kier molecular flexibility index (Phi) is 1.53. The number of hydrogen-bond donors (Lipinski definition) is 0. The van der Waals surface area contributed by atoms with Crippen LogP contribution in [0.5, 0.6) is 0 Å². The molecule has 0 spiro atoms. The number of carbonyl (C=O) groups is 1. The lowest BCUT2D eigenvalue weighted by Crippen LogP contribution is -2.32. The summed E-state index contributed by atoms with van der Waals surface area (Å²) in [5.74, 6) is 0.713. The monoisotopic (exact) mass is 163 g/mol. The van der Waals surface area contributed by atoms with E-state index in [0.29, 0.717) is 6.42 Å². The molecule has 0 saturated heterocycles. The largest absolute Gasteiger partial charge is 0.320 e.